The van der Waals surface area contributed by atoms with E-state index in [1.807, 2.05) is 0 Å². The lowest BCUT2D eigenvalue weighted by Gasteiger charge is -2.14. The zero-order valence-corrected chi connectivity index (χ0v) is 12.1. The van der Waals surface area contributed by atoms with E-state index in [-0.39, 0.29) is 6.42 Å². The first-order valence-electron chi connectivity index (χ1n) is 5.47. The van der Waals surface area contributed by atoms with Crippen LogP contribution in [-0.4, -0.2) is 26.7 Å². The predicted molar refractivity (Wildman–Crippen MR) is 74.5 cm³/mol. The highest BCUT2D eigenvalue weighted by molar-refractivity contribution is 7.86. The molecular weight excluding hydrogens is 292 g/mol. The third-order valence-corrected chi connectivity index (χ3v) is 3.13. The van der Waals surface area contributed by atoms with E-state index in [4.69, 9.17) is 17.3 Å². The Hall–Kier alpha value is -1.31. The van der Waals surface area contributed by atoms with E-state index >= 15 is 0 Å². The summed E-state index contributed by atoms with van der Waals surface area (Å²) in [5, 5.41) is 2.82. The van der Waals surface area contributed by atoms with Gasteiger partial charge in [-0.2, -0.15) is 8.42 Å². The summed E-state index contributed by atoms with van der Waals surface area (Å²) in [5.74, 6) is -0.561. The zero-order valence-electron chi connectivity index (χ0n) is 10.5. The molecule has 8 heteroatoms. The van der Waals surface area contributed by atoms with Crippen LogP contribution in [0.1, 0.15) is 13.3 Å². The monoisotopic (exact) mass is 306 g/mol. The number of carbonyl (C=O) groups excluding carboxylic acids is 1. The van der Waals surface area contributed by atoms with E-state index in [9.17, 15) is 13.2 Å². The number of amides is 1. The zero-order chi connectivity index (χ0) is 14.6. The second-order valence-electron chi connectivity index (χ2n) is 3.92. The SMILES string of the molecule is CC[C@@H](OS(C)(=O)=O)C(=O)Nc1ccc(N)c(Cl)c1. The minimum Gasteiger partial charge on any atom is -0.398 e. The number of rotatable bonds is 5. The number of carbonyl (C=O) groups is 1. The minimum atomic E-state index is -3.69. The molecule has 0 unspecified atom stereocenters. The Balaban J connectivity index is 2.79. The molecule has 0 heterocycles. The Labute approximate surface area is 117 Å². The minimum absolute atomic E-state index is 0.224. The first kappa shape index (κ1) is 15.7. The third kappa shape index (κ3) is 5.06. The standard InChI is InChI=1S/C11H15ClN2O4S/c1-3-10(18-19(2,16)17)11(15)14-7-4-5-9(13)8(12)6-7/h4-6,10H,3,13H2,1-2H3,(H,14,15)/t10-/m1/s1. The molecular formula is C11H15ClN2O4S. The molecule has 1 aromatic rings. The van der Waals surface area contributed by atoms with E-state index < -0.39 is 22.1 Å². The van der Waals surface area contributed by atoms with Gasteiger partial charge < -0.3 is 11.1 Å². The average Bonchev–Trinajstić information content (AvgIpc) is 2.29. The molecule has 1 aromatic carbocycles. The van der Waals surface area contributed by atoms with Crippen LogP contribution in [0, 0.1) is 0 Å². The fraction of sp³-hybridized carbons (Fsp3) is 0.364. The molecule has 106 valence electrons. The Morgan fingerprint density at radius 2 is 2.16 bits per heavy atom. The molecule has 1 rings (SSSR count). The highest BCUT2D eigenvalue weighted by Gasteiger charge is 2.22. The van der Waals surface area contributed by atoms with Gasteiger partial charge in [-0.05, 0) is 24.6 Å². The van der Waals surface area contributed by atoms with Gasteiger partial charge in [0.15, 0.2) is 6.10 Å². The molecule has 19 heavy (non-hydrogen) atoms. The number of halogens is 1. The fourth-order valence-corrected chi connectivity index (χ4v) is 2.16. The number of nitrogen functional groups attached to an aromatic ring is 1. The molecule has 0 radical (unpaired) electrons. The van der Waals surface area contributed by atoms with Crippen molar-refractivity contribution < 1.29 is 17.4 Å². The summed E-state index contributed by atoms with van der Waals surface area (Å²) in [4.78, 5) is 11.8. The van der Waals surface area contributed by atoms with Gasteiger partial charge in [0, 0.05) is 5.69 Å². The van der Waals surface area contributed by atoms with E-state index in [0.29, 0.717) is 16.4 Å². The molecule has 0 spiro atoms. The second-order valence-corrected chi connectivity index (χ2v) is 5.93. The Morgan fingerprint density at radius 1 is 1.53 bits per heavy atom. The van der Waals surface area contributed by atoms with Gasteiger partial charge in [-0.25, -0.2) is 0 Å². The number of hydrogen-bond acceptors (Lipinski definition) is 5. The number of hydrogen-bond donors (Lipinski definition) is 2. The molecule has 0 aliphatic carbocycles. The van der Waals surface area contributed by atoms with Gasteiger partial charge in [-0.1, -0.05) is 18.5 Å². The van der Waals surface area contributed by atoms with Gasteiger partial charge in [0.2, 0.25) is 0 Å². The summed E-state index contributed by atoms with van der Waals surface area (Å²) >= 11 is 5.81. The molecule has 0 saturated heterocycles. The normalized spacial score (nSPS) is 13.0. The van der Waals surface area contributed by atoms with Crippen LogP contribution in [0.5, 0.6) is 0 Å². The van der Waals surface area contributed by atoms with Gasteiger partial charge in [0.05, 0.1) is 17.0 Å². The first-order chi connectivity index (χ1) is 8.73. The van der Waals surface area contributed by atoms with Gasteiger partial charge in [0.1, 0.15) is 0 Å². The molecule has 3 N–H and O–H groups in total. The van der Waals surface area contributed by atoms with Gasteiger partial charge >= 0.3 is 0 Å². The molecule has 0 fully saturated rings. The topological polar surface area (TPSA) is 98.5 Å². The summed E-state index contributed by atoms with van der Waals surface area (Å²) in [6, 6.07) is 4.57. The van der Waals surface area contributed by atoms with Gasteiger partial charge in [-0.15, -0.1) is 0 Å². The van der Waals surface area contributed by atoms with Crippen molar-refractivity contribution in [2.24, 2.45) is 0 Å². The quantitative estimate of drug-likeness (QED) is 0.636. The van der Waals surface area contributed by atoms with E-state index in [2.05, 4.69) is 9.50 Å². The van der Waals surface area contributed by atoms with Crippen molar-refractivity contribution in [3.8, 4) is 0 Å². The van der Waals surface area contributed by atoms with Crippen molar-refractivity contribution in [1.29, 1.82) is 0 Å². The molecule has 6 nitrogen and oxygen atoms in total. The molecule has 0 aromatic heterocycles. The van der Waals surface area contributed by atoms with Crippen LogP contribution in [0.2, 0.25) is 5.02 Å². The van der Waals surface area contributed by atoms with Crippen LogP contribution >= 0.6 is 11.6 Å². The number of nitrogens with two attached hydrogens (primary N) is 1. The Bertz CT molecular complexity index is 574. The van der Waals surface area contributed by atoms with Crippen molar-refractivity contribution in [2.75, 3.05) is 17.3 Å². The lowest BCUT2D eigenvalue weighted by molar-refractivity contribution is -0.122. The third-order valence-electron chi connectivity index (χ3n) is 2.22. The summed E-state index contributed by atoms with van der Waals surface area (Å²) in [6.07, 6.45) is 0.0382. The van der Waals surface area contributed by atoms with Crippen molar-refractivity contribution in [2.45, 2.75) is 19.4 Å². The van der Waals surface area contributed by atoms with E-state index in [1.54, 1.807) is 13.0 Å². The van der Waals surface area contributed by atoms with Crippen LogP contribution in [0.4, 0.5) is 11.4 Å². The lowest BCUT2D eigenvalue weighted by Crippen LogP contribution is -2.31. The molecule has 1 amide bonds. The van der Waals surface area contributed by atoms with Gasteiger partial charge in [0.25, 0.3) is 16.0 Å². The summed E-state index contributed by atoms with van der Waals surface area (Å²) in [6.45, 7) is 1.64. The molecule has 0 saturated carbocycles. The Kier molecular flexibility index (Phi) is 5.16. The molecule has 0 aliphatic heterocycles. The summed E-state index contributed by atoms with van der Waals surface area (Å²) < 4.78 is 26.7. The largest absolute Gasteiger partial charge is 0.398 e. The lowest BCUT2D eigenvalue weighted by atomic mass is 10.2. The maximum absolute atomic E-state index is 11.8. The first-order valence-corrected chi connectivity index (χ1v) is 7.66. The fourth-order valence-electron chi connectivity index (χ4n) is 1.34. The molecule has 0 aliphatic rings. The predicted octanol–water partition coefficient (Wildman–Crippen LogP) is 1.62. The van der Waals surface area contributed by atoms with Crippen LogP contribution in [-0.2, 0) is 19.1 Å². The van der Waals surface area contributed by atoms with Crippen molar-refractivity contribution in [3.05, 3.63) is 23.2 Å². The van der Waals surface area contributed by atoms with E-state index in [0.717, 1.165) is 6.26 Å². The van der Waals surface area contributed by atoms with Crippen LogP contribution in [0.3, 0.4) is 0 Å². The highest BCUT2D eigenvalue weighted by Crippen LogP contribution is 2.22. The van der Waals surface area contributed by atoms with Crippen LogP contribution in [0.25, 0.3) is 0 Å². The highest BCUT2D eigenvalue weighted by atomic mass is 35.5. The second kappa shape index (κ2) is 6.23. The number of nitrogens with one attached hydrogen (secondary N) is 1. The smallest absolute Gasteiger partial charge is 0.265 e. The maximum Gasteiger partial charge on any atom is 0.265 e. The Morgan fingerprint density at radius 3 is 2.63 bits per heavy atom. The van der Waals surface area contributed by atoms with Gasteiger partial charge in [-0.3, -0.25) is 8.98 Å². The number of benzene rings is 1. The number of anilines is 2. The van der Waals surface area contributed by atoms with Crippen molar-refractivity contribution >= 4 is 39.0 Å². The summed E-state index contributed by atoms with van der Waals surface area (Å²) in [5.41, 5.74) is 6.34. The average molecular weight is 307 g/mol. The van der Waals surface area contributed by atoms with Crippen molar-refractivity contribution in [3.63, 3.8) is 0 Å². The van der Waals surface area contributed by atoms with Crippen molar-refractivity contribution in [1.82, 2.24) is 0 Å². The van der Waals surface area contributed by atoms with Crippen LogP contribution < -0.4 is 11.1 Å². The van der Waals surface area contributed by atoms with E-state index in [1.165, 1.54) is 12.1 Å². The summed E-state index contributed by atoms with van der Waals surface area (Å²) in [7, 11) is -3.69. The maximum atomic E-state index is 11.8. The van der Waals surface area contributed by atoms with Crippen LogP contribution in [0.15, 0.2) is 18.2 Å². The molecule has 0 bridgehead atoms. The molecule has 1 atom stereocenters.